The Morgan fingerprint density at radius 3 is 2.52 bits per heavy atom. The van der Waals surface area contributed by atoms with Gasteiger partial charge in [-0.25, -0.2) is 0 Å². The lowest BCUT2D eigenvalue weighted by atomic mass is 9.75. The Balaban J connectivity index is 2.11. The molecule has 1 aromatic rings. The Hall–Kier alpha value is -0.0900. The summed E-state index contributed by atoms with van der Waals surface area (Å²) < 4.78 is 0.936. The molecule has 118 valence electrons. The van der Waals surface area contributed by atoms with Crippen molar-refractivity contribution in [3.63, 3.8) is 0 Å². The first kappa shape index (κ1) is 17.3. The molecule has 21 heavy (non-hydrogen) atoms. The van der Waals surface area contributed by atoms with Crippen LogP contribution in [0.15, 0.2) is 22.7 Å². The Morgan fingerprint density at radius 2 is 2.00 bits per heavy atom. The molecule has 0 saturated heterocycles. The summed E-state index contributed by atoms with van der Waals surface area (Å²) in [6, 6.07) is 7.03. The fourth-order valence-corrected chi connectivity index (χ4v) is 3.74. The van der Waals surface area contributed by atoms with Gasteiger partial charge in [-0.1, -0.05) is 31.5 Å². The highest BCUT2D eigenvalue weighted by Crippen LogP contribution is 2.38. The third kappa shape index (κ3) is 4.22. The molecule has 1 atom stereocenters. The smallest absolute Gasteiger partial charge is 0.0551 e. The van der Waals surface area contributed by atoms with Crippen molar-refractivity contribution in [3.8, 4) is 0 Å². The molecule has 0 spiro atoms. The maximum Gasteiger partial charge on any atom is 0.0551 e. The van der Waals surface area contributed by atoms with Gasteiger partial charge in [0.1, 0.15) is 0 Å². The minimum Gasteiger partial charge on any atom is -0.329 e. The van der Waals surface area contributed by atoms with Crippen LogP contribution >= 0.6 is 27.5 Å². The lowest BCUT2D eigenvalue weighted by Crippen LogP contribution is -2.41. The average molecular weight is 374 g/mol. The van der Waals surface area contributed by atoms with Gasteiger partial charge in [-0.15, -0.1) is 0 Å². The molecule has 0 amide bonds. The molecular weight excluding hydrogens is 348 g/mol. The maximum atomic E-state index is 6.24. The maximum absolute atomic E-state index is 6.24. The standard InChI is InChI=1S/C17H26BrClN2/c1-17(2)8-6-13(7-9-17)21(3)16(11-20)12-4-5-14(18)15(19)10-12/h4-5,10,13,16H,6-9,11,20H2,1-3H3. The molecular formula is C17H26BrClN2. The first-order valence-electron chi connectivity index (χ1n) is 7.71. The van der Waals surface area contributed by atoms with E-state index in [4.69, 9.17) is 17.3 Å². The molecule has 1 aliphatic rings. The van der Waals surface area contributed by atoms with E-state index in [1.165, 1.54) is 31.2 Å². The largest absolute Gasteiger partial charge is 0.329 e. The summed E-state index contributed by atoms with van der Waals surface area (Å²) in [7, 11) is 2.20. The number of likely N-dealkylation sites (N-methyl/N-ethyl adjacent to an activating group) is 1. The van der Waals surface area contributed by atoms with Crippen LogP contribution in [0.1, 0.15) is 51.1 Å². The van der Waals surface area contributed by atoms with Gasteiger partial charge in [-0.2, -0.15) is 0 Å². The highest BCUT2D eigenvalue weighted by molar-refractivity contribution is 9.10. The van der Waals surface area contributed by atoms with E-state index in [0.29, 0.717) is 18.0 Å². The van der Waals surface area contributed by atoms with Gasteiger partial charge in [0, 0.05) is 23.1 Å². The van der Waals surface area contributed by atoms with Crippen molar-refractivity contribution < 1.29 is 0 Å². The summed E-state index contributed by atoms with van der Waals surface area (Å²) in [6.07, 6.45) is 5.09. The second kappa shape index (κ2) is 6.99. The summed E-state index contributed by atoms with van der Waals surface area (Å²) in [5, 5.41) is 0.754. The number of nitrogens with two attached hydrogens (primary N) is 1. The van der Waals surface area contributed by atoms with Crippen LogP contribution in [0.2, 0.25) is 5.02 Å². The number of benzene rings is 1. The van der Waals surface area contributed by atoms with E-state index in [1.807, 2.05) is 12.1 Å². The van der Waals surface area contributed by atoms with Crippen LogP contribution in [-0.2, 0) is 0 Å². The minimum absolute atomic E-state index is 0.238. The van der Waals surface area contributed by atoms with Gasteiger partial charge in [0.25, 0.3) is 0 Å². The summed E-state index contributed by atoms with van der Waals surface area (Å²) in [5.74, 6) is 0. The van der Waals surface area contributed by atoms with E-state index < -0.39 is 0 Å². The Morgan fingerprint density at radius 1 is 1.38 bits per heavy atom. The second-order valence-corrected chi connectivity index (χ2v) is 8.25. The number of hydrogen-bond donors (Lipinski definition) is 1. The zero-order valence-corrected chi connectivity index (χ0v) is 15.5. The highest BCUT2D eigenvalue weighted by Gasteiger charge is 2.31. The summed E-state index contributed by atoms with van der Waals surface area (Å²) in [6.45, 7) is 5.37. The Kier molecular flexibility index (Phi) is 5.75. The van der Waals surface area contributed by atoms with Crippen LogP contribution < -0.4 is 5.73 Å². The summed E-state index contributed by atoms with van der Waals surface area (Å²) in [4.78, 5) is 2.45. The van der Waals surface area contributed by atoms with E-state index in [2.05, 4.69) is 47.8 Å². The minimum atomic E-state index is 0.238. The molecule has 2 rings (SSSR count). The van der Waals surface area contributed by atoms with Gasteiger partial charge in [-0.3, -0.25) is 4.90 Å². The number of nitrogens with zero attached hydrogens (tertiary/aromatic N) is 1. The van der Waals surface area contributed by atoms with Crippen LogP contribution in [0, 0.1) is 5.41 Å². The topological polar surface area (TPSA) is 29.3 Å². The van der Waals surface area contributed by atoms with Gasteiger partial charge in [0.05, 0.1) is 5.02 Å². The van der Waals surface area contributed by atoms with Crippen molar-refractivity contribution in [2.24, 2.45) is 11.1 Å². The average Bonchev–Trinajstić information content (AvgIpc) is 2.43. The van der Waals surface area contributed by atoms with Crippen molar-refractivity contribution in [2.75, 3.05) is 13.6 Å². The Labute approximate surface area is 142 Å². The molecule has 0 aliphatic heterocycles. The van der Waals surface area contributed by atoms with Gasteiger partial charge >= 0.3 is 0 Å². The third-order valence-corrected chi connectivity index (χ3v) is 6.16. The van der Waals surface area contributed by atoms with Crippen LogP contribution in [-0.4, -0.2) is 24.5 Å². The number of rotatable bonds is 4. The zero-order valence-electron chi connectivity index (χ0n) is 13.2. The molecule has 0 heterocycles. The fraction of sp³-hybridized carbons (Fsp3) is 0.647. The molecule has 1 saturated carbocycles. The fourth-order valence-electron chi connectivity index (χ4n) is 3.30. The molecule has 1 unspecified atom stereocenters. The monoisotopic (exact) mass is 372 g/mol. The molecule has 1 aliphatic carbocycles. The molecule has 1 aromatic carbocycles. The van der Waals surface area contributed by atoms with Crippen LogP contribution in [0.3, 0.4) is 0 Å². The molecule has 1 fully saturated rings. The quantitative estimate of drug-likeness (QED) is 0.804. The first-order chi connectivity index (χ1) is 9.84. The van der Waals surface area contributed by atoms with Gasteiger partial charge in [-0.05, 0) is 71.8 Å². The molecule has 2 N–H and O–H groups in total. The van der Waals surface area contributed by atoms with E-state index >= 15 is 0 Å². The van der Waals surface area contributed by atoms with E-state index in [0.717, 1.165) is 9.50 Å². The van der Waals surface area contributed by atoms with E-state index in [1.54, 1.807) is 0 Å². The normalized spacial score (nSPS) is 20.7. The lowest BCUT2D eigenvalue weighted by Gasteiger charge is -2.41. The van der Waals surface area contributed by atoms with Crippen molar-refractivity contribution in [2.45, 2.75) is 51.6 Å². The van der Waals surface area contributed by atoms with Gasteiger partial charge < -0.3 is 5.73 Å². The Bertz CT molecular complexity index is 480. The molecule has 4 heteroatoms. The number of halogens is 2. The SMILES string of the molecule is CN(C1CCC(C)(C)CC1)C(CN)c1ccc(Br)c(Cl)c1. The number of hydrogen-bond acceptors (Lipinski definition) is 2. The van der Waals surface area contributed by atoms with Crippen molar-refractivity contribution in [1.29, 1.82) is 0 Å². The predicted molar refractivity (Wildman–Crippen MR) is 94.7 cm³/mol. The van der Waals surface area contributed by atoms with Crippen LogP contribution in [0.25, 0.3) is 0 Å². The van der Waals surface area contributed by atoms with E-state index in [9.17, 15) is 0 Å². The third-order valence-electron chi connectivity index (χ3n) is 4.93. The summed E-state index contributed by atoms with van der Waals surface area (Å²) >= 11 is 9.69. The highest BCUT2D eigenvalue weighted by atomic mass is 79.9. The van der Waals surface area contributed by atoms with Crippen molar-refractivity contribution in [3.05, 3.63) is 33.3 Å². The second-order valence-electron chi connectivity index (χ2n) is 6.99. The predicted octanol–water partition coefficient (Wildman–Crippen LogP) is 5.00. The molecule has 0 radical (unpaired) electrons. The molecule has 2 nitrogen and oxygen atoms in total. The van der Waals surface area contributed by atoms with Gasteiger partial charge in [0.2, 0.25) is 0 Å². The summed E-state index contributed by atoms with van der Waals surface area (Å²) in [5.41, 5.74) is 7.76. The first-order valence-corrected chi connectivity index (χ1v) is 8.88. The van der Waals surface area contributed by atoms with Crippen LogP contribution in [0.5, 0.6) is 0 Å². The zero-order chi connectivity index (χ0) is 15.6. The van der Waals surface area contributed by atoms with E-state index in [-0.39, 0.29) is 6.04 Å². The molecule has 0 aromatic heterocycles. The van der Waals surface area contributed by atoms with Crippen molar-refractivity contribution in [1.82, 2.24) is 4.90 Å². The van der Waals surface area contributed by atoms with Crippen LogP contribution in [0.4, 0.5) is 0 Å². The molecule has 0 bridgehead atoms. The van der Waals surface area contributed by atoms with Gasteiger partial charge in [0.15, 0.2) is 0 Å². The van der Waals surface area contributed by atoms with Crippen molar-refractivity contribution >= 4 is 27.5 Å². The lowest BCUT2D eigenvalue weighted by molar-refractivity contribution is 0.0966.